The van der Waals surface area contributed by atoms with Crippen LogP contribution in [0.15, 0.2) is 65.8 Å². The topological polar surface area (TPSA) is 41.5 Å². The number of hydrogen-bond acceptors (Lipinski definition) is 2. The number of benzene rings is 2. The highest BCUT2D eigenvalue weighted by molar-refractivity contribution is 5.97. The fourth-order valence-corrected chi connectivity index (χ4v) is 1.76. The average Bonchev–Trinajstić information content (AvgIpc) is 2.52. The van der Waals surface area contributed by atoms with Crippen LogP contribution in [-0.4, -0.2) is 17.8 Å². The quantitative estimate of drug-likeness (QED) is 0.681. The van der Waals surface area contributed by atoms with Crippen LogP contribution in [0.2, 0.25) is 0 Å². The molecule has 2 aromatic carbocycles. The summed E-state index contributed by atoms with van der Waals surface area (Å²) in [5.41, 5.74) is 1.61. The van der Waals surface area contributed by atoms with E-state index in [0.29, 0.717) is 5.56 Å². The van der Waals surface area contributed by atoms with Gasteiger partial charge in [-0.15, -0.1) is 0 Å². The molecule has 1 N–H and O–H groups in total. The third-order valence-corrected chi connectivity index (χ3v) is 2.87. The number of nitrogens with zero attached hydrogens (tertiary/aromatic N) is 1. The van der Waals surface area contributed by atoms with Crippen LogP contribution in [0.25, 0.3) is 0 Å². The van der Waals surface area contributed by atoms with Crippen molar-refractivity contribution >= 4 is 11.6 Å². The van der Waals surface area contributed by atoms with Gasteiger partial charge in [0.15, 0.2) is 0 Å². The summed E-state index contributed by atoms with van der Waals surface area (Å²) in [6.45, 7) is 0. The Labute approximate surface area is 125 Å². The Morgan fingerprint density at radius 1 is 0.955 bits per heavy atom. The number of carbonyl (C=O) groups is 1. The molecule has 0 aromatic heterocycles. The van der Waals surface area contributed by atoms with Crippen LogP contribution in [0.1, 0.15) is 15.9 Å². The van der Waals surface area contributed by atoms with Gasteiger partial charge in [0.05, 0.1) is 0 Å². The molecule has 3 nitrogen and oxygen atoms in total. The Morgan fingerprint density at radius 3 is 2.05 bits per heavy atom. The molecular formula is C16H13F3N2O. The number of nitrogens with one attached hydrogen (secondary N) is 1. The van der Waals surface area contributed by atoms with Gasteiger partial charge < -0.3 is 0 Å². The Morgan fingerprint density at radius 2 is 1.50 bits per heavy atom. The van der Waals surface area contributed by atoms with Gasteiger partial charge in [-0.1, -0.05) is 48.5 Å². The van der Waals surface area contributed by atoms with E-state index in [1.807, 2.05) is 5.43 Å². The molecule has 114 valence electrons. The molecule has 0 saturated carbocycles. The lowest BCUT2D eigenvalue weighted by Crippen LogP contribution is -2.29. The summed E-state index contributed by atoms with van der Waals surface area (Å²) in [4.78, 5) is 11.7. The monoisotopic (exact) mass is 306 g/mol. The Kier molecular flexibility index (Phi) is 4.93. The molecule has 0 aliphatic rings. The molecule has 0 bridgehead atoms. The van der Waals surface area contributed by atoms with Crippen LogP contribution >= 0.6 is 0 Å². The van der Waals surface area contributed by atoms with Crippen molar-refractivity contribution in [1.82, 2.24) is 5.43 Å². The maximum Gasteiger partial charge on any atom is 0.431 e. The van der Waals surface area contributed by atoms with Crippen LogP contribution in [0.4, 0.5) is 13.2 Å². The summed E-state index contributed by atoms with van der Waals surface area (Å²) in [6, 6.07) is 16.1. The molecule has 6 heteroatoms. The van der Waals surface area contributed by atoms with Gasteiger partial charge in [0.2, 0.25) is 0 Å². The van der Waals surface area contributed by atoms with E-state index in [9.17, 15) is 18.0 Å². The van der Waals surface area contributed by atoms with Gasteiger partial charge in [-0.05, 0) is 17.7 Å². The first-order valence-corrected chi connectivity index (χ1v) is 6.50. The molecule has 0 heterocycles. The van der Waals surface area contributed by atoms with Crippen molar-refractivity contribution in [2.24, 2.45) is 5.10 Å². The van der Waals surface area contributed by atoms with Crippen LogP contribution in [0.5, 0.6) is 0 Å². The minimum Gasteiger partial charge on any atom is -0.267 e. The summed E-state index contributed by atoms with van der Waals surface area (Å²) in [7, 11) is 0. The first-order valence-electron chi connectivity index (χ1n) is 6.50. The highest BCUT2D eigenvalue weighted by atomic mass is 19.4. The zero-order chi connectivity index (χ0) is 16.0. The molecule has 0 radical (unpaired) electrons. The van der Waals surface area contributed by atoms with Crippen molar-refractivity contribution < 1.29 is 18.0 Å². The Hall–Kier alpha value is -2.63. The van der Waals surface area contributed by atoms with Gasteiger partial charge in [0.25, 0.3) is 5.91 Å². The zero-order valence-corrected chi connectivity index (χ0v) is 11.5. The second-order valence-corrected chi connectivity index (χ2v) is 4.53. The number of rotatable bonds is 4. The lowest BCUT2D eigenvalue weighted by atomic mass is 10.1. The first-order chi connectivity index (χ1) is 10.5. The van der Waals surface area contributed by atoms with E-state index in [1.165, 1.54) is 12.1 Å². The summed E-state index contributed by atoms with van der Waals surface area (Å²) < 4.78 is 38.9. The van der Waals surface area contributed by atoms with Gasteiger partial charge in [0, 0.05) is 12.0 Å². The van der Waals surface area contributed by atoms with E-state index in [-0.39, 0.29) is 5.56 Å². The van der Waals surface area contributed by atoms with Gasteiger partial charge in [-0.2, -0.15) is 18.3 Å². The number of alkyl halides is 3. The largest absolute Gasteiger partial charge is 0.431 e. The summed E-state index contributed by atoms with van der Waals surface area (Å²) in [5, 5.41) is 3.26. The number of hydrazone groups is 1. The van der Waals surface area contributed by atoms with Crippen molar-refractivity contribution in [1.29, 1.82) is 0 Å². The first kappa shape index (κ1) is 15.8. The molecular weight excluding hydrogens is 293 g/mol. The van der Waals surface area contributed by atoms with E-state index < -0.39 is 24.2 Å². The smallest absolute Gasteiger partial charge is 0.267 e. The van der Waals surface area contributed by atoms with Crippen LogP contribution in [-0.2, 0) is 6.42 Å². The van der Waals surface area contributed by atoms with Crippen molar-refractivity contribution in [2.75, 3.05) is 0 Å². The molecule has 2 rings (SSSR count). The van der Waals surface area contributed by atoms with E-state index in [0.717, 1.165) is 0 Å². The minimum absolute atomic E-state index is 0.243. The number of amides is 1. The van der Waals surface area contributed by atoms with E-state index >= 15 is 0 Å². The predicted octanol–water partition coefficient (Wildman–Crippen LogP) is 3.58. The third kappa shape index (κ3) is 4.44. The van der Waals surface area contributed by atoms with Gasteiger partial charge >= 0.3 is 6.18 Å². The number of carbonyl (C=O) groups excluding carboxylic acids is 1. The van der Waals surface area contributed by atoms with Crippen molar-refractivity contribution in [3.63, 3.8) is 0 Å². The Balaban J connectivity index is 2.14. The van der Waals surface area contributed by atoms with E-state index in [2.05, 4.69) is 5.10 Å². The highest BCUT2D eigenvalue weighted by Gasteiger charge is 2.36. The second kappa shape index (κ2) is 6.89. The molecule has 1 amide bonds. The van der Waals surface area contributed by atoms with Gasteiger partial charge in [-0.25, -0.2) is 5.43 Å². The molecule has 0 unspecified atom stereocenters. The molecule has 0 fully saturated rings. The Bertz CT molecular complexity index is 652. The molecule has 2 aromatic rings. The summed E-state index contributed by atoms with van der Waals surface area (Å²) >= 11 is 0. The highest BCUT2D eigenvalue weighted by Crippen LogP contribution is 2.20. The zero-order valence-electron chi connectivity index (χ0n) is 11.5. The van der Waals surface area contributed by atoms with E-state index in [4.69, 9.17) is 0 Å². The lowest BCUT2D eigenvalue weighted by molar-refractivity contribution is -0.0604. The number of hydrogen-bond donors (Lipinski definition) is 1. The standard InChI is InChI=1S/C16H13F3N2O/c17-16(18,19)14(11-12-7-3-1-4-8-12)20-21-15(22)13-9-5-2-6-10-13/h1-10H,11H2,(H,21,22). The third-order valence-electron chi connectivity index (χ3n) is 2.87. The lowest BCUT2D eigenvalue weighted by Gasteiger charge is -2.11. The fourth-order valence-electron chi connectivity index (χ4n) is 1.76. The maximum atomic E-state index is 13.0. The maximum absolute atomic E-state index is 13.0. The number of halogens is 3. The van der Waals surface area contributed by atoms with Crippen LogP contribution in [0.3, 0.4) is 0 Å². The molecule has 0 atom stereocenters. The van der Waals surface area contributed by atoms with Crippen molar-refractivity contribution in [3.05, 3.63) is 71.8 Å². The van der Waals surface area contributed by atoms with Gasteiger partial charge in [0.1, 0.15) is 5.71 Å². The van der Waals surface area contributed by atoms with Crippen LogP contribution in [0, 0.1) is 0 Å². The SMILES string of the molecule is O=C(NN=C(Cc1ccccc1)C(F)(F)F)c1ccccc1. The molecule has 22 heavy (non-hydrogen) atoms. The minimum atomic E-state index is -4.61. The average molecular weight is 306 g/mol. The predicted molar refractivity (Wildman–Crippen MR) is 77.5 cm³/mol. The fraction of sp³-hybridized carbons (Fsp3) is 0.125. The molecule has 0 aliphatic heterocycles. The summed E-state index contributed by atoms with van der Waals surface area (Å²) in [5.74, 6) is -0.685. The van der Waals surface area contributed by atoms with E-state index in [1.54, 1.807) is 48.5 Å². The molecule has 0 saturated heterocycles. The molecule has 0 spiro atoms. The van der Waals surface area contributed by atoms with Crippen molar-refractivity contribution in [3.8, 4) is 0 Å². The van der Waals surface area contributed by atoms with Crippen LogP contribution < -0.4 is 5.43 Å². The normalized spacial score (nSPS) is 12.0. The molecule has 0 aliphatic carbocycles. The van der Waals surface area contributed by atoms with Crippen molar-refractivity contribution in [2.45, 2.75) is 12.6 Å². The second-order valence-electron chi connectivity index (χ2n) is 4.53. The summed E-state index contributed by atoms with van der Waals surface area (Å²) in [6.07, 6.45) is -5.01. The van der Waals surface area contributed by atoms with Gasteiger partial charge in [-0.3, -0.25) is 4.79 Å².